The van der Waals surface area contributed by atoms with Crippen molar-refractivity contribution in [3.8, 4) is 18.1 Å². The number of nitrogens with zero attached hydrogens (tertiary/aromatic N) is 2. The topological polar surface area (TPSA) is 70.1 Å². The summed E-state index contributed by atoms with van der Waals surface area (Å²) < 4.78 is 69.0. The Bertz CT molecular complexity index is 946. The molecular formula is C20H25F3N2O4S. The fraction of sp³-hybridized carbons (Fsp3) is 0.400. The molecule has 0 fully saturated rings. The Labute approximate surface area is 175 Å². The van der Waals surface area contributed by atoms with E-state index in [9.17, 15) is 26.7 Å². The minimum absolute atomic E-state index is 0.115. The van der Waals surface area contributed by atoms with Crippen LogP contribution in [0.2, 0.25) is 0 Å². The van der Waals surface area contributed by atoms with Gasteiger partial charge in [-0.05, 0) is 51.4 Å². The third-order valence-corrected chi connectivity index (χ3v) is 4.93. The van der Waals surface area contributed by atoms with Gasteiger partial charge in [0.1, 0.15) is 17.1 Å². The molecule has 0 saturated carbocycles. The number of allylic oxidation sites excluding steroid dienone is 4. The van der Waals surface area contributed by atoms with Gasteiger partial charge in [0.25, 0.3) is 0 Å². The summed E-state index contributed by atoms with van der Waals surface area (Å²) in [7, 11) is -0.0257. The van der Waals surface area contributed by atoms with Crippen LogP contribution in [0.15, 0.2) is 41.7 Å². The average molecular weight is 446 g/mol. The van der Waals surface area contributed by atoms with Gasteiger partial charge in [-0.2, -0.15) is 13.2 Å². The Morgan fingerprint density at radius 3 is 2.40 bits per heavy atom. The van der Waals surface area contributed by atoms with Crippen molar-refractivity contribution >= 4 is 15.7 Å². The lowest BCUT2D eigenvalue weighted by molar-refractivity contribution is -0.0871. The zero-order valence-corrected chi connectivity index (χ0v) is 18.0. The molecule has 0 aliphatic carbocycles. The third-order valence-electron chi connectivity index (χ3n) is 3.74. The first-order valence-corrected chi connectivity index (χ1v) is 10.6. The Morgan fingerprint density at radius 2 is 1.93 bits per heavy atom. The first-order chi connectivity index (χ1) is 13.8. The van der Waals surface area contributed by atoms with Crippen LogP contribution in [0.1, 0.15) is 12.5 Å². The summed E-state index contributed by atoms with van der Waals surface area (Å²) in [6, 6.07) is 4.62. The summed E-state index contributed by atoms with van der Waals surface area (Å²) in [5.74, 6) is 2.10. The molecule has 1 aromatic carbocycles. The number of rotatable bonds is 9. The van der Waals surface area contributed by atoms with Crippen molar-refractivity contribution in [2.45, 2.75) is 19.6 Å². The average Bonchev–Trinajstić information content (AvgIpc) is 2.59. The van der Waals surface area contributed by atoms with Gasteiger partial charge in [0, 0.05) is 12.1 Å². The smallest absolute Gasteiger partial charge is 0.424 e. The van der Waals surface area contributed by atoms with Gasteiger partial charge in [-0.15, -0.1) is 6.42 Å². The van der Waals surface area contributed by atoms with E-state index in [0.717, 1.165) is 22.7 Å². The van der Waals surface area contributed by atoms with E-state index in [1.54, 1.807) is 26.1 Å². The molecule has 1 N–H and O–H groups in total. The van der Waals surface area contributed by atoms with Crippen molar-refractivity contribution < 1.29 is 31.4 Å². The van der Waals surface area contributed by atoms with Crippen LogP contribution in [0.25, 0.3) is 0 Å². The normalized spacial score (nSPS) is 13.3. The highest BCUT2D eigenvalue weighted by molar-refractivity contribution is 7.92. The first kappa shape index (κ1) is 25.6. The second kappa shape index (κ2) is 10.5. The minimum Gasteiger partial charge on any atom is -0.462 e. The van der Waals surface area contributed by atoms with E-state index in [4.69, 9.17) is 11.2 Å². The summed E-state index contributed by atoms with van der Waals surface area (Å²) in [6.07, 6.45) is 3.16. The quantitative estimate of drug-likeness (QED) is 0.359. The molecule has 0 aliphatic heterocycles. The highest BCUT2D eigenvalue weighted by atomic mass is 32.2. The van der Waals surface area contributed by atoms with Gasteiger partial charge < -0.3 is 14.7 Å². The van der Waals surface area contributed by atoms with Crippen molar-refractivity contribution in [2.75, 3.05) is 37.8 Å². The largest absolute Gasteiger partial charge is 0.462 e. The summed E-state index contributed by atoms with van der Waals surface area (Å²) in [6.45, 7) is 1.37. The molecule has 166 valence electrons. The molecule has 1 rings (SSSR count). The molecule has 0 bridgehead atoms. The van der Waals surface area contributed by atoms with Gasteiger partial charge in [-0.25, -0.2) is 8.42 Å². The van der Waals surface area contributed by atoms with Crippen LogP contribution >= 0.6 is 0 Å². The first-order valence-electron chi connectivity index (χ1n) is 8.76. The second-order valence-corrected chi connectivity index (χ2v) is 8.60. The monoisotopic (exact) mass is 446 g/mol. The number of hydrogen-bond acceptors (Lipinski definition) is 5. The van der Waals surface area contributed by atoms with Crippen LogP contribution in [0.5, 0.6) is 5.75 Å². The number of halogens is 3. The highest BCUT2D eigenvalue weighted by Gasteiger charge is 2.31. The summed E-state index contributed by atoms with van der Waals surface area (Å²) in [4.78, 5) is 1.82. The fourth-order valence-electron chi connectivity index (χ4n) is 2.49. The van der Waals surface area contributed by atoms with E-state index in [1.807, 2.05) is 4.90 Å². The summed E-state index contributed by atoms with van der Waals surface area (Å²) in [5.41, 5.74) is -0.195. The van der Waals surface area contributed by atoms with E-state index in [0.29, 0.717) is 23.5 Å². The maximum Gasteiger partial charge on any atom is 0.424 e. The van der Waals surface area contributed by atoms with Crippen molar-refractivity contribution in [3.05, 3.63) is 47.2 Å². The SMILES string of the molecule is C#C/C(=C\C=C(/C)Oc1ccc(N(CCO)S(C)(=O)=O)cc1CN(C)C)C(F)(F)F. The van der Waals surface area contributed by atoms with E-state index in [-0.39, 0.29) is 18.9 Å². The molecule has 0 saturated heterocycles. The second-order valence-electron chi connectivity index (χ2n) is 6.69. The number of anilines is 1. The van der Waals surface area contributed by atoms with Crippen molar-refractivity contribution in [3.63, 3.8) is 0 Å². The third kappa shape index (κ3) is 7.74. The number of terminal acetylenes is 1. The molecule has 0 amide bonds. The molecule has 10 heteroatoms. The fourth-order valence-corrected chi connectivity index (χ4v) is 3.40. The molecule has 0 heterocycles. The molecule has 0 radical (unpaired) electrons. The Morgan fingerprint density at radius 1 is 1.30 bits per heavy atom. The van der Waals surface area contributed by atoms with Crippen LogP contribution in [-0.4, -0.2) is 58.1 Å². The Hall–Kier alpha value is -2.48. The van der Waals surface area contributed by atoms with Gasteiger partial charge >= 0.3 is 6.18 Å². The van der Waals surface area contributed by atoms with Crippen molar-refractivity contribution in [1.29, 1.82) is 0 Å². The number of alkyl halides is 3. The number of ether oxygens (including phenoxy) is 1. The van der Waals surface area contributed by atoms with Crippen molar-refractivity contribution in [2.24, 2.45) is 0 Å². The maximum absolute atomic E-state index is 12.7. The lowest BCUT2D eigenvalue weighted by Gasteiger charge is -2.23. The molecule has 0 aromatic heterocycles. The van der Waals surface area contributed by atoms with Crippen LogP contribution < -0.4 is 9.04 Å². The van der Waals surface area contributed by atoms with Gasteiger partial charge in [0.2, 0.25) is 10.0 Å². The van der Waals surface area contributed by atoms with E-state index >= 15 is 0 Å². The number of benzene rings is 1. The van der Waals surface area contributed by atoms with Gasteiger partial charge in [-0.3, -0.25) is 4.31 Å². The molecule has 0 aliphatic rings. The van der Waals surface area contributed by atoms with Gasteiger partial charge in [-0.1, -0.05) is 5.92 Å². The minimum atomic E-state index is -4.63. The highest BCUT2D eigenvalue weighted by Crippen LogP contribution is 2.29. The molecule has 6 nitrogen and oxygen atoms in total. The maximum atomic E-state index is 12.7. The number of hydrogen-bond donors (Lipinski definition) is 1. The molecule has 1 aromatic rings. The summed E-state index contributed by atoms with van der Waals surface area (Å²) >= 11 is 0. The summed E-state index contributed by atoms with van der Waals surface area (Å²) in [5, 5.41) is 9.18. The van der Waals surface area contributed by atoms with E-state index in [1.165, 1.54) is 19.1 Å². The predicted molar refractivity (Wildman–Crippen MR) is 110 cm³/mol. The standard InChI is InChI=1S/C20H25F3N2O4S/c1-6-17(20(21,22)23)8-7-15(2)29-19-10-9-18(13-16(19)14-24(3)4)25(11-12-26)30(5,27)28/h1,7-10,13,26H,11-12,14H2,2-5H3/b15-7+,17-8+. The van der Waals surface area contributed by atoms with Gasteiger partial charge in [0.15, 0.2) is 0 Å². The zero-order chi connectivity index (χ0) is 23.1. The predicted octanol–water partition coefficient (Wildman–Crippen LogP) is 2.91. The van der Waals surface area contributed by atoms with Crippen LogP contribution in [0, 0.1) is 12.3 Å². The Kier molecular flexibility index (Phi) is 8.96. The Balaban J connectivity index is 3.32. The number of aliphatic hydroxyl groups excluding tert-OH is 1. The molecule has 30 heavy (non-hydrogen) atoms. The van der Waals surface area contributed by atoms with E-state index in [2.05, 4.69) is 0 Å². The van der Waals surface area contributed by atoms with E-state index < -0.39 is 21.8 Å². The number of aliphatic hydroxyl groups is 1. The lowest BCUT2D eigenvalue weighted by Crippen LogP contribution is -2.32. The van der Waals surface area contributed by atoms with Crippen LogP contribution in [0.3, 0.4) is 0 Å². The molecule has 0 spiro atoms. The van der Waals surface area contributed by atoms with Gasteiger partial charge in [0.05, 0.1) is 25.1 Å². The molecule has 0 atom stereocenters. The van der Waals surface area contributed by atoms with Crippen LogP contribution in [0.4, 0.5) is 18.9 Å². The molecular weight excluding hydrogens is 421 g/mol. The van der Waals surface area contributed by atoms with Crippen LogP contribution in [-0.2, 0) is 16.6 Å². The molecule has 0 unspecified atom stereocenters. The lowest BCUT2D eigenvalue weighted by atomic mass is 10.1. The zero-order valence-electron chi connectivity index (χ0n) is 17.2. The number of sulfonamides is 1. The van der Waals surface area contributed by atoms with Crippen molar-refractivity contribution in [1.82, 2.24) is 4.90 Å².